The largest absolute Gasteiger partial charge is 0.356 e. The SMILES string of the molecule is CC1CCCN(CCC(=O)NCCc2ccccc2F)C1. The number of piperidine rings is 1. The van der Waals surface area contributed by atoms with Gasteiger partial charge in [0, 0.05) is 26.1 Å². The predicted octanol–water partition coefficient (Wildman–Crippen LogP) is 2.61. The average molecular weight is 292 g/mol. The van der Waals surface area contributed by atoms with Crippen LogP contribution < -0.4 is 5.32 Å². The number of hydrogen-bond donors (Lipinski definition) is 1. The second-order valence-corrected chi connectivity index (χ2v) is 5.99. The van der Waals surface area contributed by atoms with Crippen molar-refractivity contribution in [2.45, 2.75) is 32.6 Å². The van der Waals surface area contributed by atoms with Crippen molar-refractivity contribution in [2.75, 3.05) is 26.2 Å². The summed E-state index contributed by atoms with van der Waals surface area (Å²) in [6.07, 6.45) is 3.60. The van der Waals surface area contributed by atoms with Crippen LogP contribution in [-0.4, -0.2) is 37.0 Å². The van der Waals surface area contributed by atoms with Crippen molar-refractivity contribution in [2.24, 2.45) is 5.92 Å². The van der Waals surface area contributed by atoms with Crippen LogP contribution in [0.2, 0.25) is 0 Å². The van der Waals surface area contributed by atoms with Gasteiger partial charge in [-0.15, -0.1) is 0 Å². The highest BCUT2D eigenvalue weighted by Crippen LogP contribution is 2.15. The van der Waals surface area contributed by atoms with Crippen LogP contribution in [0.1, 0.15) is 31.7 Å². The number of amides is 1. The highest BCUT2D eigenvalue weighted by Gasteiger charge is 2.16. The molecule has 0 bridgehead atoms. The molecule has 1 aliphatic rings. The van der Waals surface area contributed by atoms with E-state index in [0.29, 0.717) is 24.9 Å². The van der Waals surface area contributed by atoms with Gasteiger partial charge in [0.2, 0.25) is 5.91 Å². The third kappa shape index (κ3) is 5.46. The van der Waals surface area contributed by atoms with E-state index in [2.05, 4.69) is 17.1 Å². The molecule has 1 saturated heterocycles. The van der Waals surface area contributed by atoms with E-state index in [-0.39, 0.29) is 11.7 Å². The molecule has 4 heteroatoms. The summed E-state index contributed by atoms with van der Waals surface area (Å²) in [6.45, 7) is 5.79. The summed E-state index contributed by atoms with van der Waals surface area (Å²) in [6, 6.07) is 6.71. The van der Waals surface area contributed by atoms with Gasteiger partial charge in [-0.3, -0.25) is 4.79 Å². The first kappa shape index (κ1) is 16.0. The van der Waals surface area contributed by atoms with E-state index in [1.807, 2.05) is 6.07 Å². The Labute approximate surface area is 126 Å². The zero-order chi connectivity index (χ0) is 15.1. The van der Waals surface area contributed by atoms with E-state index in [4.69, 9.17) is 0 Å². The molecule has 1 amide bonds. The average Bonchev–Trinajstić information content (AvgIpc) is 2.47. The zero-order valence-corrected chi connectivity index (χ0v) is 12.8. The highest BCUT2D eigenvalue weighted by molar-refractivity contribution is 5.76. The maximum Gasteiger partial charge on any atom is 0.221 e. The maximum absolute atomic E-state index is 13.4. The van der Waals surface area contributed by atoms with Gasteiger partial charge in [-0.2, -0.15) is 0 Å². The Kier molecular flexibility index (Phi) is 6.18. The van der Waals surface area contributed by atoms with Gasteiger partial charge in [0.25, 0.3) is 0 Å². The second kappa shape index (κ2) is 8.13. The molecule has 3 nitrogen and oxygen atoms in total. The Morgan fingerprint density at radius 3 is 3.00 bits per heavy atom. The quantitative estimate of drug-likeness (QED) is 0.874. The predicted molar refractivity (Wildman–Crippen MR) is 82.6 cm³/mol. The second-order valence-electron chi connectivity index (χ2n) is 5.99. The van der Waals surface area contributed by atoms with E-state index in [1.165, 1.54) is 18.9 Å². The van der Waals surface area contributed by atoms with Gasteiger partial charge >= 0.3 is 0 Å². The van der Waals surface area contributed by atoms with E-state index < -0.39 is 0 Å². The Morgan fingerprint density at radius 1 is 1.43 bits per heavy atom. The molecule has 1 N–H and O–H groups in total. The van der Waals surface area contributed by atoms with Crippen LogP contribution in [0.15, 0.2) is 24.3 Å². The molecule has 0 spiro atoms. The van der Waals surface area contributed by atoms with Crippen LogP contribution in [0.25, 0.3) is 0 Å². The Hall–Kier alpha value is -1.42. The lowest BCUT2D eigenvalue weighted by Crippen LogP contribution is -2.37. The number of carbonyl (C=O) groups is 1. The first-order chi connectivity index (χ1) is 10.1. The molecule has 1 aromatic carbocycles. The number of nitrogens with one attached hydrogen (secondary N) is 1. The summed E-state index contributed by atoms with van der Waals surface area (Å²) in [5, 5.41) is 2.88. The van der Waals surface area contributed by atoms with Crippen molar-refractivity contribution < 1.29 is 9.18 Å². The van der Waals surface area contributed by atoms with Crippen LogP contribution in [0, 0.1) is 11.7 Å². The number of halogens is 1. The van der Waals surface area contributed by atoms with Gasteiger partial charge in [0.05, 0.1) is 0 Å². The van der Waals surface area contributed by atoms with Crippen LogP contribution in [-0.2, 0) is 11.2 Å². The number of benzene rings is 1. The molecule has 116 valence electrons. The van der Waals surface area contributed by atoms with Crippen LogP contribution in [0.5, 0.6) is 0 Å². The van der Waals surface area contributed by atoms with E-state index in [0.717, 1.165) is 25.6 Å². The molecule has 0 aliphatic carbocycles. The Balaban J connectivity index is 1.62. The fourth-order valence-corrected chi connectivity index (χ4v) is 2.88. The van der Waals surface area contributed by atoms with Gasteiger partial charge in [0.15, 0.2) is 0 Å². The third-order valence-corrected chi connectivity index (χ3v) is 4.07. The van der Waals surface area contributed by atoms with E-state index in [9.17, 15) is 9.18 Å². The molecule has 1 aromatic rings. The maximum atomic E-state index is 13.4. The summed E-state index contributed by atoms with van der Waals surface area (Å²) < 4.78 is 13.4. The Bertz CT molecular complexity index is 464. The van der Waals surface area contributed by atoms with E-state index in [1.54, 1.807) is 12.1 Å². The summed E-state index contributed by atoms with van der Waals surface area (Å²) >= 11 is 0. The van der Waals surface area contributed by atoms with Crippen molar-refractivity contribution >= 4 is 5.91 Å². The van der Waals surface area contributed by atoms with Gasteiger partial charge in [-0.1, -0.05) is 25.1 Å². The van der Waals surface area contributed by atoms with E-state index >= 15 is 0 Å². The number of rotatable bonds is 6. The van der Waals surface area contributed by atoms with Gasteiger partial charge in [0.1, 0.15) is 5.82 Å². The van der Waals surface area contributed by atoms with Crippen LogP contribution >= 0.6 is 0 Å². The van der Waals surface area contributed by atoms with Crippen molar-refractivity contribution in [3.8, 4) is 0 Å². The summed E-state index contributed by atoms with van der Waals surface area (Å²) in [5.41, 5.74) is 0.655. The number of hydrogen-bond acceptors (Lipinski definition) is 2. The van der Waals surface area contributed by atoms with Crippen molar-refractivity contribution in [3.63, 3.8) is 0 Å². The minimum atomic E-state index is -0.200. The van der Waals surface area contributed by atoms with Crippen molar-refractivity contribution in [1.82, 2.24) is 10.2 Å². The standard InChI is InChI=1S/C17H25FN2O/c1-14-5-4-11-20(13-14)12-9-17(21)19-10-8-15-6-2-3-7-16(15)18/h2-3,6-7,14H,4-5,8-13H2,1H3,(H,19,21). The van der Waals surface area contributed by atoms with Crippen molar-refractivity contribution in [3.05, 3.63) is 35.6 Å². The molecule has 2 rings (SSSR count). The topological polar surface area (TPSA) is 32.3 Å². The molecule has 1 heterocycles. The van der Waals surface area contributed by atoms with Crippen LogP contribution in [0.3, 0.4) is 0 Å². The summed E-state index contributed by atoms with van der Waals surface area (Å²) in [4.78, 5) is 14.2. The smallest absolute Gasteiger partial charge is 0.221 e. The molecule has 1 atom stereocenters. The molecule has 21 heavy (non-hydrogen) atoms. The van der Waals surface area contributed by atoms with Crippen molar-refractivity contribution in [1.29, 1.82) is 0 Å². The molecule has 1 fully saturated rings. The zero-order valence-electron chi connectivity index (χ0n) is 12.8. The minimum Gasteiger partial charge on any atom is -0.356 e. The lowest BCUT2D eigenvalue weighted by molar-refractivity contribution is -0.121. The molecular weight excluding hydrogens is 267 g/mol. The number of likely N-dealkylation sites (tertiary alicyclic amines) is 1. The highest BCUT2D eigenvalue weighted by atomic mass is 19.1. The minimum absolute atomic E-state index is 0.0598. The molecular formula is C17H25FN2O. The first-order valence-corrected chi connectivity index (χ1v) is 7.87. The molecule has 1 aliphatic heterocycles. The number of nitrogens with zero attached hydrogens (tertiary/aromatic N) is 1. The van der Waals surface area contributed by atoms with Gasteiger partial charge in [-0.05, 0) is 43.4 Å². The monoisotopic (exact) mass is 292 g/mol. The van der Waals surface area contributed by atoms with Crippen LogP contribution in [0.4, 0.5) is 4.39 Å². The summed E-state index contributed by atoms with van der Waals surface area (Å²) in [7, 11) is 0. The lowest BCUT2D eigenvalue weighted by Gasteiger charge is -2.30. The fraction of sp³-hybridized carbons (Fsp3) is 0.588. The fourth-order valence-electron chi connectivity index (χ4n) is 2.88. The normalized spacial score (nSPS) is 19.4. The summed E-state index contributed by atoms with van der Waals surface area (Å²) in [5.74, 6) is 0.599. The molecule has 0 radical (unpaired) electrons. The number of carbonyl (C=O) groups excluding carboxylic acids is 1. The van der Waals surface area contributed by atoms with Gasteiger partial charge in [-0.25, -0.2) is 4.39 Å². The first-order valence-electron chi connectivity index (χ1n) is 7.87. The third-order valence-electron chi connectivity index (χ3n) is 4.07. The molecule has 0 saturated carbocycles. The van der Waals surface area contributed by atoms with Gasteiger partial charge < -0.3 is 10.2 Å². The molecule has 1 unspecified atom stereocenters. The lowest BCUT2D eigenvalue weighted by atomic mass is 10.0. The molecule has 0 aromatic heterocycles. The Morgan fingerprint density at radius 2 is 2.24 bits per heavy atom.